The number of aryl methyl sites for hydroxylation is 1. The summed E-state index contributed by atoms with van der Waals surface area (Å²) in [7, 11) is 1.90. The molecule has 3 aromatic rings. The minimum atomic E-state index is 0.682. The summed E-state index contributed by atoms with van der Waals surface area (Å²) in [5, 5.41) is 10.5. The van der Waals surface area contributed by atoms with E-state index in [0.717, 1.165) is 22.1 Å². The van der Waals surface area contributed by atoms with Crippen molar-refractivity contribution in [1.82, 2.24) is 19.7 Å². The Hall–Kier alpha value is -2.21. The molecule has 0 aliphatic heterocycles. The van der Waals surface area contributed by atoms with Crippen molar-refractivity contribution < 1.29 is 0 Å². The fraction of sp³-hybridized carbons (Fsp3) is 0.154. The quantitative estimate of drug-likeness (QED) is 0.792. The van der Waals surface area contributed by atoms with Gasteiger partial charge < -0.3 is 5.32 Å². The Morgan fingerprint density at radius 1 is 1.37 bits per heavy atom. The van der Waals surface area contributed by atoms with Gasteiger partial charge in [0.1, 0.15) is 10.8 Å². The Kier molecular flexibility index (Phi) is 3.24. The van der Waals surface area contributed by atoms with Gasteiger partial charge in [-0.25, -0.2) is 9.97 Å². The van der Waals surface area contributed by atoms with Crippen LogP contribution in [0.1, 0.15) is 5.01 Å². The van der Waals surface area contributed by atoms with E-state index >= 15 is 0 Å². The third-order valence-corrected chi connectivity index (χ3v) is 3.49. The molecule has 0 spiro atoms. The van der Waals surface area contributed by atoms with E-state index in [1.807, 2.05) is 43.0 Å². The van der Waals surface area contributed by atoms with E-state index in [9.17, 15) is 0 Å². The van der Waals surface area contributed by atoms with Gasteiger partial charge in [-0.15, -0.1) is 11.3 Å². The molecule has 0 bridgehead atoms. The van der Waals surface area contributed by atoms with E-state index in [2.05, 4.69) is 20.4 Å². The average molecular weight is 271 g/mol. The summed E-state index contributed by atoms with van der Waals surface area (Å²) in [6.07, 6.45) is 5.56. The second-order valence-electron chi connectivity index (χ2n) is 4.10. The SMILES string of the molecule is Cn1cc(-c2csc(CNc3ccccn3)n2)cn1. The number of anilines is 1. The van der Waals surface area contributed by atoms with Crippen LogP contribution in [0.15, 0.2) is 42.2 Å². The van der Waals surface area contributed by atoms with E-state index < -0.39 is 0 Å². The van der Waals surface area contributed by atoms with Crippen LogP contribution in [0.4, 0.5) is 5.82 Å². The molecule has 6 heteroatoms. The molecule has 0 amide bonds. The number of nitrogens with one attached hydrogen (secondary N) is 1. The predicted octanol–water partition coefficient (Wildman–Crippen LogP) is 2.55. The lowest BCUT2D eigenvalue weighted by Gasteiger charge is -2.01. The molecule has 19 heavy (non-hydrogen) atoms. The van der Waals surface area contributed by atoms with Crippen LogP contribution < -0.4 is 5.32 Å². The van der Waals surface area contributed by atoms with Gasteiger partial charge in [0, 0.05) is 30.4 Å². The zero-order chi connectivity index (χ0) is 13.1. The highest BCUT2D eigenvalue weighted by Gasteiger charge is 2.06. The Bertz CT molecular complexity index is 658. The lowest BCUT2D eigenvalue weighted by molar-refractivity contribution is 0.768. The first-order valence-electron chi connectivity index (χ1n) is 5.89. The normalized spacial score (nSPS) is 10.6. The molecule has 0 aromatic carbocycles. The van der Waals surface area contributed by atoms with Gasteiger partial charge in [0.05, 0.1) is 18.4 Å². The lowest BCUT2D eigenvalue weighted by atomic mass is 10.3. The Morgan fingerprint density at radius 3 is 3.05 bits per heavy atom. The van der Waals surface area contributed by atoms with Gasteiger partial charge >= 0.3 is 0 Å². The Labute approximate surface area is 115 Å². The highest BCUT2D eigenvalue weighted by atomic mass is 32.1. The first-order chi connectivity index (χ1) is 9.31. The van der Waals surface area contributed by atoms with Gasteiger partial charge in [-0.2, -0.15) is 5.10 Å². The number of hydrogen-bond acceptors (Lipinski definition) is 5. The molecule has 1 N–H and O–H groups in total. The Balaban J connectivity index is 1.68. The van der Waals surface area contributed by atoms with Crippen molar-refractivity contribution >= 4 is 17.2 Å². The fourth-order valence-corrected chi connectivity index (χ4v) is 2.45. The number of hydrogen-bond donors (Lipinski definition) is 1. The molecule has 0 aliphatic carbocycles. The van der Waals surface area contributed by atoms with Gasteiger partial charge in [0.25, 0.3) is 0 Å². The average Bonchev–Trinajstić information content (AvgIpc) is 3.06. The maximum atomic E-state index is 4.58. The fourth-order valence-electron chi connectivity index (χ4n) is 1.71. The minimum Gasteiger partial charge on any atom is -0.364 e. The molecule has 0 radical (unpaired) electrons. The number of pyridine rings is 1. The van der Waals surface area contributed by atoms with Crippen LogP contribution in [-0.4, -0.2) is 19.7 Å². The molecule has 3 heterocycles. The minimum absolute atomic E-state index is 0.682. The van der Waals surface area contributed by atoms with Crippen LogP contribution in [0.2, 0.25) is 0 Å². The van der Waals surface area contributed by atoms with E-state index in [1.54, 1.807) is 22.2 Å². The van der Waals surface area contributed by atoms with Crippen molar-refractivity contribution in [2.45, 2.75) is 6.54 Å². The molecule has 0 fully saturated rings. The van der Waals surface area contributed by atoms with Crippen molar-refractivity contribution in [3.8, 4) is 11.3 Å². The monoisotopic (exact) mass is 271 g/mol. The van der Waals surface area contributed by atoms with Crippen LogP contribution in [0.3, 0.4) is 0 Å². The van der Waals surface area contributed by atoms with Crippen molar-refractivity contribution in [3.63, 3.8) is 0 Å². The van der Waals surface area contributed by atoms with Crippen molar-refractivity contribution in [1.29, 1.82) is 0 Å². The zero-order valence-electron chi connectivity index (χ0n) is 10.4. The number of aromatic nitrogens is 4. The lowest BCUT2D eigenvalue weighted by Crippen LogP contribution is -2.00. The standard InChI is InChI=1S/C13H13N5S/c1-18-8-10(6-16-18)11-9-19-13(17-11)7-15-12-4-2-3-5-14-12/h2-6,8-9H,7H2,1H3,(H,14,15). The highest BCUT2D eigenvalue weighted by Crippen LogP contribution is 2.21. The first-order valence-corrected chi connectivity index (χ1v) is 6.77. The molecule has 3 rings (SSSR count). The molecular formula is C13H13N5S. The Morgan fingerprint density at radius 2 is 2.32 bits per heavy atom. The maximum Gasteiger partial charge on any atom is 0.126 e. The third-order valence-electron chi connectivity index (χ3n) is 2.64. The summed E-state index contributed by atoms with van der Waals surface area (Å²) in [4.78, 5) is 8.80. The van der Waals surface area contributed by atoms with Crippen molar-refractivity contribution in [2.75, 3.05) is 5.32 Å². The molecular weight excluding hydrogens is 258 g/mol. The van der Waals surface area contributed by atoms with E-state index in [1.165, 1.54) is 0 Å². The summed E-state index contributed by atoms with van der Waals surface area (Å²) in [5.41, 5.74) is 2.01. The second kappa shape index (κ2) is 5.19. The molecule has 96 valence electrons. The van der Waals surface area contributed by atoms with E-state index in [4.69, 9.17) is 0 Å². The molecule has 5 nitrogen and oxygen atoms in total. The van der Waals surface area contributed by atoms with Gasteiger partial charge in [-0.05, 0) is 12.1 Å². The number of thiazole rings is 1. The number of rotatable bonds is 4. The third kappa shape index (κ3) is 2.79. The van der Waals surface area contributed by atoms with Crippen LogP contribution in [0.25, 0.3) is 11.3 Å². The summed E-state index contributed by atoms with van der Waals surface area (Å²) in [5.74, 6) is 0.862. The van der Waals surface area contributed by atoms with E-state index in [-0.39, 0.29) is 0 Å². The van der Waals surface area contributed by atoms with Gasteiger partial charge in [-0.1, -0.05) is 6.07 Å². The maximum absolute atomic E-state index is 4.58. The van der Waals surface area contributed by atoms with Crippen LogP contribution in [0, 0.1) is 0 Å². The highest BCUT2D eigenvalue weighted by molar-refractivity contribution is 7.09. The topological polar surface area (TPSA) is 55.6 Å². The zero-order valence-corrected chi connectivity index (χ0v) is 11.3. The van der Waals surface area contributed by atoms with E-state index in [0.29, 0.717) is 6.54 Å². The summed E-state index contributed by atoms with van der Waals surface area (Å²) >= 11 is 1.63. The van der Waals surface area contributed by atoms with Gasteiger partial charge in [0.2, 0.25) is 0 Å². The molecule has 3 aromatic heterocycles. The molecule has 0 saturated heterocycles. The van der Waals surface area contributed by atoms with Crippen molar-refractivity contribution in [3.05, 3.63) is 47.2 Å². The predicted molar refractivity (Wildman–Crippen MR) is 75.9 cm³/mol. The van der Waals surface area contributed by atoms with Crippen LogP contribution >= 0.6 is 11.3 Å². The van der Waals surface area contributed by atoms with Crippen molar-refractivity contribution in [2.24, 2.45) is 7.05 Å². The van der Waals surface area contributed by atoms with Crippen LogP contribution in [0.5, 0.6) is 0 Å². The van der Waals surface area contributed by atoms with Crippen LogP contribution in [-0.2, 0) is 13.6 Å². The first kappa shape index (κ1) is 11.9. The summed E-state index contributed by atoms with van der Waals surface area (Å²) < 4.78 is 1.78. The summed E-state index contributed by atoms with van der Waals surface area (Å²) in [6.45, 7) is 0.682. The van der Waals surface area contributed by atoms with Gasteiger partial charge in [-0.3, -0.25) is 4.68 Å². The summed E-state index contributed by atoms with van der Waals surface area (Å²) in [6, 6.07) is 5.79. The second-order valence-corrected chi connectivity index (χ2v) is 5.04. The largest absolute Gasteiger partial charge is 0.364 e. The number of nitrogens with zero attached hydrogens (tertiary/aromatic N) is 4. The smallest absolute Gasteiger partial charge is 0.126 e. The molecule has 0 unspecified atom stereocenters. The molecule has 0 saturated carbocycles. The molecule has 0 atom stereocenters. The van der Waals surface area contributed by atoms with Gasteiger partial charge in [0.15, 0.2) is 0 Å². The molecule has 0 aliphatic rings.